The average Bonchev–Trinajstić information content (AvgIpc) is 2.86. The van der Waals surface area contributed by atoms with E-state index in [4.69, 9.17) is 10.2 Å². The van der Waals surface area contributed by atoms with Gasteiger partial charge in [0.2, 0.25) is 0 Å². The zero-order chi connectivity index (χ0) is 13.0. The van der Waals surface area contributed by atoms with Gasteiger partial charge in [0.1, 0.15) is 0 Å². The average molecular weight is 269 g/mol. The van der Waals surface area contributed by atoms with Gasteiger partial charge in [0.25, 0.3) is 0 Å². The number of carboxylic acids is 1. The third-order valence-electron chi connectivity index (χ3n) is 3.57. The number of rotatable bonds is 5. The van der Waals surface area contributed by atoms with Crippen molar-refractivity contribution in [3.05, 3.63) is 21.9 Å². The van der Waals surface area contributed by atoms with E-state index in [1.807, 2.05) is 0 Å². The van der Waals surface area contributed by atoms with Crippen LogP contribution in [0, 0.1) is 5.92 Å². The van der Waals surface area contributed by atoms with E-state index in [0.717, 1.165) is 37.1 Å². The van der Waals surface area contributed by atoms with Crippen molar-refractivity contribution in [1.82, 2.24) is 5.32 Å². The Morgan fingerprint density at radius 3 is 2.67 bits per heavy atom. The molecule has 0 radical (unpaired) electrons. The molecule has 0 aromatic carbocycles. The topological polar surface area (TPSA) is 69.6 Å². The largest absolute Gasteiger partial charge is 0.478 e. The Labute approximate surface area is 111 Å². The Kier molecular flexibility index (Phi) is 4.74. The van der Waals surface area contributed by atoms with E-state index in [2.05, 4.69) is 5.32 Å². The van der Waals surface area contributed by atoms with Crippen LogP contribution in [0.25, 0.3) is 0 Å². The lowest BCUT2D eigenvalue weighted by atomic mass is 9.86. The molecule has 1 fully saturated rings. The SMILES string of the molecule is O=C(O)c1csc(CNC2CCC(CO)CC2)c1. The van der Waals surface area contributed by atoms with Crippen LogP contribution in [0.3, 0.4) is 0 Å². The van der Waals surface area contributed by atoms with Gasteiger partial charge in [-0.1, -0.05) is 0 Å². The molecule has 4 nitrogen and oxygen atoms in total. The number of aromatic carboxylic acids is 1. The summed E-state index contributed by atoms with van der Waals surface area (Å²) in [7, 11) is 0. The Hall–Kier alpha value is -0.910. The van der Waals surface area contributed by atoms with E-state index >= 15 is 0 Å². The molecule has 3 N–H and O–H groups in total. The van der Waals surface area contributed by atoms with Crippen LogP contribution in [0.5, 0.6) is 0 Å². The fourth-order valence-electron chi connectivity index (χ4n) is 2.38. The predicted molar refractivity (Wildman–Crippen MR) is 70.9 cm³/mol. The van der Waals surface area contributed by atoms with E-state index in [0.29, 0.717) is 24.1 Å². The summed E-state index contributed by atoms with van der Waals surface area (Å²) in [6, 6.07) is 2.24. The Morgan fingerprint density at radius 1 is 1.39 bits per heavy atom. The van der Waals surface area contributed by atoms with E-state index in [1.54, 1.807) is 11.4 Å². The van der Waals surface area contributed by atoms with Crippen molar-refractivity contribution in [2.24, 2.45) is 5.92 Å². The van der Waals surface area contributed by atoms with Crippen LogP contribution in [-0.4, -0.2) is 28.8 Å². The van der Waals surface area contributed by atoms with Crippen LogP contribution in [0.1, 0.15) is 40.9 Å². The van der Waals surface area contributed by atoms with Crippen LogP contribution in [-0.2, 0) is 6.54 Å². The van der Waals surface area contributed by atoms with Gasteiger partial charge >= 0.3 is 5.97 Å². The number of thiophene rings is 1. The van der Waals surface area contributed by atoms with Crippen molar-refractivity contribution >= 4 is 17.3 Å². The number of carbonyl (C=O) groups is 1. The number of carboxylic acid groups (broad SMARTS) is 1. The van der Waals surface area contributed by atoms with Crippen molar-refractivity contribution < 1.29 is 15.0 Å². The maximum absolute atomic E-state index is 10.8. The second-order valence-electron chi connectivity index (χ2n) is 4.89. The lowest BCUT2D eigenvalue weighted by Gasteiger charge is -2.27. The predicted octanol–water partition coefficient (Wildman–Crippen LogP) is 2.09. The molecule has 1 heterocycles. The standard InChI is InChI=1S/C13H19NO3S/c15-7-9-1-3-11(4-2-9)14-6-12-5-10(8-18-12)13(16)17/h5,8-9,11,14-15H,1-4,6-7H2,(H,16,17). The van der Waals surface area contributed by atoms with Crippen molar-refractivity contribution in [2.75, 3.05) is 6.61 Å². The summed E-state index contributed by atoms with van der Waals surface area (Å²) in [5.41, 5.74) is 0.376. The minimum absolute atomic E-state index is 0.305. The lowest BCUT2D eigenvalue weighted by molar-refractivity contribution is 0.0697. The summed E-state index contributed by atoms with van der Waals surface area (Å²) in [6.45, 7) is 1.05. The molecule has 5 heteroatoms. The minimum Gasteiger partial charge on any atom is -0.478 e. The summed E-state index contributed by atoms with van der Waals surface area (Å²) >= 11 is 1.49. The van der Waals surface area contributed by atoms with Crippen LogP contribution in [0.15, 0.2) is 11.4 Å². The third-order valence-corrected chi connectivity index (χ3v) is 4.51. The minimum atomic E-state index is -0.860. The molecule has 0 unspecified atom stereocenters. The molecule has 0 amide bonds. The van der Waals surface area contributed by atoms with Crippen LogP contribution < -0.4 is 5.32 Å². The van der Waals surface area contributed by atoms with Crippen molar-refractivity contribution in [3.8, 4) is 0 Å². The number of aliphatic hydroxyl groups is 1. The fourth-order valence-corrected chi connectivity index (χ4v) is 3.19. The van der Waals surface area contributed by atoms with Crippen molar-refractivity contribution in [1.29, 1.82) is 0 Å². The zero-order valence-electron chi connectivity index (χ0n) is 10.3. The van der Waals surface area contributed by atoms with Gasteiger partial charge in [-0.05, 0) is 37.7 Å². The smallest absolute Gasteiger partial charge is 0.336 e. The van der Waals surface area contributed by atoms with E-state index in [1.165, 1.54) is 11.3 Å². The summed E-state index contributed by atoms with van der Waals surface area (Å²) < 4.78 is 0. The first kappa shape index (κ1) is 13.5. The van der Waals surface area contributed by atoms with Gasteiger partial charge in [0, 0.05) is 29.5 Å². The highest BCUT2D eigenvalue weighted by Gasteiger charge is 2.20. The van der Waals surface area contributed by atoms with E-state index in [9.17, 15) is 4.79 Å². The molecule has 18 heavy (non-hydrogen) atoms. The van der Waals surface area contributed by atoms with Gasteiger partial charge in [0.15, 0.2) is 0 Å². The molecule has 0 aliphatic heterocycles. The number of aliphatic hydroxyl groups excluding tert-OH is 1. The number of nitrogens with one attached hydrogen (secondary N) is 1. The zero-order valence-corrected chi connectivity index (χ0v) is 11.1. The monoisotopic (exact) mass is 269 g/mol. The Balaban J connectivity index is 1.76. The fraction of sp³-hybridized carbons (Fsp3) is 0.615. The molecule has 0 bridgehead atoms. The highest BCUT2D eigenvalue weighted by Crippen LogP contribution is 2.24. The van der Waals surface area contributed by atoms with E-state index < -0.39 is 5.97 Å². The molecule has 1 aromatic heterocycles. The molecule has 1 aliphatic rings. The molecule has 0 spiro atoms. The molecule has 1 saturated carbocycles. The highest BCUT2D eigenvalue weighted by molar-refractivity contribution is 7.10. The third kappa shape index (κ3) is 3.54. The second-order valence-corrected chi connectivity index (χ2v) is 5.88. The van der Waals surface area contributed by atoms with Gasteiger partial charge in [0.05, 0.1) is 5.56 Å². The quantitative estimate of drug-likeness (QED) is 0.765. The molecule has 1 aromatic rings. The highest BCUT2D eigenvalue weighted by atomic mass is 32.1. The first-order valence-electron chi connectivity index (χ1n) is 6.34. The van der Waals surface area contributed by atoms with Gasteiger partial charge in [-0.3, -0.25) is 0 Å². The molecular weight excluding hydrogens is 250 g/mol. The summed E-state index contributed by atoms with van der Waals surface area (Å²) in [5, 5.41) is 23.1. The van der Waals surface area contributed by atoms with Crippen LogP contribution in [0.2, 0.25) is 0 Å². The van der Waals surface area contributed by atoms with E-state index in [-0.39, 0.29) is 0 Å². The first-order valence-corrected chi connectivity index (χ1v) is 7.22. The molecule has 100 valence electrons. The lowest BCUT2D eigenvalue weighted by Crippen LogP contribution is -2.33. The molecule has 1 aliphatic carbocycles. The molecular formula is C13H19NO3S. The van der Waals surface area contributed by atoms with Gasteiger partial charge in [-0.25, -0.2) is 4.79 Å². The molecule has 0 saturated heterocycles. The summed E-state index contributed by atoms with van der Waals surface area (Å²) in [5.74, 6) is -0.385. The molecule has 2 rings (SSSR count). The van der Waals surface area contributed by atoms with Gasteiger partial charge in [-0.15, -0.1) is 11.3 Å². The second kappa shape index (κ2) is 6.31. The Morgan fingerprint density at radius 2 is 2.11 bits per heavy atom. The van der Waals surface area contributed by atoms with Gasteiger partial charge < -0.3 is 15.5 Å². The van der Waals surface area contributed by atoms with Crippen molar-refractivity contribution in [3.63, 3.8) is 0 Å². The van der Waals surface area contributed by atoms with Crippen LogP contribution in [0.4, 0.5) is 0 Å². The van der Waals surface area contributed by atoms with Crippen LogP contribution >= 0.6 is 11.3 Å². The Bertz CT molecular complexity index is 397. The first-order chi connectivity index (χ1) is 8.69. The molecule has 0 atom stereocenters. The summed E-state index contributed by atoms with van der Waals surface area (Å²) in [4.78, 5) is 11.8. The number of hydrogen-bond acceptors (Lipinski definition) is 4. The number of hydrogen-bond donors (Lipinski definition) is 3. The van der Waals surface area contributed by atoms with Gasteiger partial charge in [-0.2, -0.15) is 0 Å². The maximum atomic E-state index is 10.8. The maximum Gasteiger partial charge on any atom is 0.336 e. The summed E-state index contributed by atoms with van der Waals surface area (Å²) in [6.07, 6.45) is 4.36. The van der Waals surface area contributed by atoms with Crippen molar-refractivity contribution in [2.45, 2.75) is 38.3 Å². The normalized spacial score (nSPS) is 24.1.